The monoisotopic (exact) mass is 465 g/mol. The zero-order valence-electron chi connectivity index (χ0n) is 18.8. The number of likely N-dealkylation sites (tertiary alicyclic amines) is 1. The number of aliphatic carboxylic acids is 1. The lowest BCUT2D eigenvalue weighted by Crippen LogP contribution is -2.41. The highest BCUT2D eigenvalue weighted by atomic mass is 19.1. The summed E-state index contributed by atoms with van der Waals surface area (Å²) in [5.74, 6) is -2.53. The van der Waals surface area contributed by atoms with Gasteiger partial charge < -0.3 is 24.5 Å². The van der Waals surface area contributed by atoms with Crippen molar-refractivity contribution in [2.75, 3.05) is 31.1 Å². The molecule has 0 spiro atoms. The Hall–Kier alpha value is -3.17. The standard InChI is InChI=1S/C23H29F2N3O5/c1-15(2)32-23(31)28-11-7-18(8-12-28)33-26-17-5-9-27(10-6-17)21-14-19(24)16(13-20(21)25)3-4-22(29)30/h3-4,13-15,18H,5-12H2,1-2H3,(H,29,30). The van der Waals surface area contributed by atoms with Gasteiger partial charge >= 0.3 is 12.1 Å². The van der Waals surface area contributed by atoms with Crippen molar-refractivity contribution in [1.29, 1.82) is 0 Å². The van der Waals surface area contributed by atoms with E-state index in [4.69, 9.17) is 14.7 Å². The third-order valence-corrected chi connectivity index (χ3v) is 5.52. The number of benzene rings is 1. The lowest BCUT2D eigenvalue weighted by Gasteiger charge is -2.32. The second-order valence-corrected chi connectivity index (χ2v) is 8.37. The Kier molecular flexibility index (Phi) is 8.24. The van der Waals surface area contributed by atoms with Crippen LogP contribution in [0, 0.1) is 11.6 Å². The SMILES string of the molecule is CC(C)OC(=O)N1CCC(ON=C2CCN(c3cc(F)c(C=CC(=O)O)cc3F)CC2)CC1. The predicted octanol–water partition coefficient (Wildman–Crippen LogP) is 4.04. The van der Waals surface area contributed by atoms with E-state index in [9.17, 15) is 18.4 Å². The molecule has 1 aromatic rings. The van der Waals surface area contributed by atoms with Crippen LogP contribution < -0.4 is 4.90 Å². The van der Waals surface area contributed by atoms with Crippen LogP contribution >= 0.6 is 0 Å². The molecule has 0 aromatic heterocycles. The van der Waals surface area contributed by atoms with Crippen LogP contribution in [0.3, 0.4) is 0 Å². The summed E-state index contributed by atoms with van der Waals surface area (Å²) in [4.78, 5) is 31.6. The minimum absolute atomic E-state index is 0.0726. The minimum Gasteiger partial charge on any atom is -0.478 e. The molecule has 0 saturated carbocycles. The molecule has 0 unspecified atom stereocenters. The molecule has 0 radical (unpaired) electrons. The molecule has 0 atom stereocenters. The molecule has 2 heterocycles. The van der Waals surface area contributed by atoms with Gasteiger partial charge in [0.15, 0.2) is 0 Å². The zero-order valence-corrected chi connectivity index (χ0v) is 18.8. The van der Waals surface area contributed by atoms with Crippen molar-refractivity contribution in [3.8, 4) is 0 Å². The number of amides is 1. The smallest absolute Gasteiger partial charge is 0.410 e. The number of carboxylic acids is 1. The van der Waals surface area contributed by atoms with Gasteiger partial charge in [0, 0.05) is 69.6 Å². The number of oxime groups is 1. The van der Waals surface area contributed by atoms with Crippen molar-refractivity contribution in [3.05, 3.63) is 35.4 Å². The summed E-state index contributed by atoms with van der Waals surface area (Å²) in [5.41, 5.74) is 0.880. The Morgan fingerprint density at radius 1 is 1.12 bits per heavy atom. The fourth-order valence-corrected chi connectivity index (χ4v) is 3.75. The van der Waals surface area contributed by atoms with Crippen molar-refractivity contribution >= 4 is 29.5 Å². The highest BCUT2D eigenvalue weighted by Gasteiger charge is 2.26. The summed E-state index contributed by atoms with van der Waals surface area (Å²) in [6.45, 7) is 5.66. The topological polar surface area (TPSA) is 91.7 Å². The molecule has 1 aromatic carbocycles. The fourth-order valence-electron chi connectivity index (χ4n) is 3.75. The highest BCUT2D eigenvalue weighted by molar-refractivity contribution is 5.86. The zero-order chi connectivity index (χ0) is 24.0. The fraction of sp³-hybridized carbons (Fsp3) is 0.522. The van der Waals surface area contributed by atoms with Gasteiger partial charge in [-0.05, 0) is 26.0 Å². The van der Waals surface area contributed by atoms with E-state index in [1.54, 1.807) is 9.80 Å². The molecule has 2 saturated heterocycles. The lowest BCUT2D eigenvalue weighted by molar-refractivity contribution is -0.131. The van der Waals surface area contributed by atoms with Gasteiger partial charge in [0.1, 0.15) is 17.7 Å². The predicted molar refractivity (Wildman–Crippen MR) is 119 cm³/mol. The van der Waals surface area contributed by atoms with Crippen molar-refractivity contribution in [2.24, 2.45) is 5.16 Å². The normalized spacial score (nSPS) is 17.5. The van der Waals surface area contributed by atoms with Crippen LogP contribution in [0.1, 0.15) is 45.1 Å². The van der Waals surface area contributed by atoms with Crippen molar-refractivity contribution in [3.63, 3.8) is 0 Å². The summed E-state index contributed by atoms with van der Waals surface area (Å²) in [6.07, 6.45) is 3.71. The molecule has 10 heteroatoms. The number of nitrogens with zero attached hydrogens (tertiary/aromatic N) is 3. The number of piperidine rings is 2. The minimum atomic E-state index is -1.23. The largest absolute Gasteiger partial charge is 0.478 e. The van der Waals surface area contributed by atoms with Gasteiger partial charge in [0.25, 0.3) is 0 Å². The average molecular weight is 465 g/mol. The number of anilines is 1. The maximum Gasteiger partial charge on any atom is 0.410 e. The van der Waals surface area contributed by atoms with Gasteiger partial charge in [-0.1, -0.05) is 5.16 Å². The Morgan fingerprint density at radius 3 is 2.39 bits per heavy atom. The summed E-state index contributed by atoms with van der Waals surface area (Å²) in [7, 11) is 0. The number of carbonyl (C=O) groups is 2. The van der Waals surface area contributed by atoms with E-state index >= 15 is 0 Å². The number of carbonyl (C=O) groups excluding carboxylic acids is 1. The van der Waals surface area contributed by atoms with Crippen molar-refractivity contribution in [2.45, 2.75) is 51.7 Å². The molecule has 1 N–H and O–H groups in total. The number of rotatable bonds is 6. The van der Waals surface area contributed by atoms with Crippen LogP contribution in [0.2, 0.25) is 0 Å². The van der Waals surface area contributed by atoms with Gasteiger partial charge in [0.05, 0.1) is 17.5 Å². The van der Waals surface area contributed by atoms with Crippen molar-refractivity contribution in [1.82, 2.24) is 4.90 Å². The van der Waals surface area contributed by atoms with E-state index in [-0.39, 0.29) is 29.6 Å². The maximum atomic E-state index is 14.5. The summed E-state index contributed by atoms with van der Waals surface area (Å²) in [6, 6.07) is 2.09. The number of hydrogen-bond acceptors (Lipinski definition) is 6. The molecule has 33 heavy (non-hydrogen) atoms. The molecule has 2 fully saturated rings. The second kappa shape index (κ2) is 11.1. The number of ether oxygens (including phenoxy) is 1. The van der Waals surface area contributed by atoms with Gasteiger partial charge in [0.2, 0.25) is 0 Å². The molecule has 1 amide bonds. The van der Waals surface area contributed by atoms with Gasteiger partial charge in [-0.2, -0.15) is 0 Å². The van der Waals surface area contributed by atoms with Gasteiger partial charge in [-0.15, -0.1) is 0 Å². The highest BCUT2D eigenvalue weighted by Crippen LogP contribution is 2.26. The molecule has 2 aliphatic rings. The molecule has 180 valence electrons. The number of carboxylic acid groups (broad SMARTS) is 1. The average Bonchev–Trinajstić information content (AvgIpc) is 2.78. The third kappa shape index (κ3) is 6.90. The van der Waals surface area contributed by atoms with E-state index in [2.05, 4.69) is 5.16 Å². The van der Waals surface area contributed by atoms with Crippen LogP contribution in [-0.4, -0.2) is 66.2 Å². The van der Waals surface area contributed by atoms with E-state index in [0.29, 0.717) is 51.9 Å². The Balaban J connectivity index is 1.49. The van der Waals surface area contributed by atoms with E-state index in [0.717, 1.165) is 30.0 Å². The lowest BCUT2D eigenvalue weighted by atomic mass is 10.1. The second-order valence-electron chi connectivity index (χ2n) is 8.37. The molecule has 2 aliphatic heterocycles. The molecule has 0 aliphatic carbocycles. The van der Waals surface area contributed by atoms with Crippen LogP contribution in [0.4, 0.5) is 19.3 Å². The van der Waals surface area contributed by atoms with Crippen molar-refractivity contribution < 1.29 is 33.1 Å². The first-order valence-electron chi connectivity index (χ1n) is 11.0. The summed E-state index contributed by atoms with van der Waals surface area (Å²) >= 11 is 0. The van der Waals surface area contributed by atoms with E-state index in [1.807, 2.05) is 13.8 Å². The van der Waals surface area contributed by atoms with Crippen LogP contribution in [0.15, 0.2) is 23.4 Å². The number of hydrogen-bond donors (Lipinski definition) is 1. The molecular formula is C23H29F2N3O5. The van der Waals surface area contributed by atoms with E-state index in [1.165, 1.54) is 0 Å². The summed E-state index contributed by atoms with van der Waals surface area (Å²) < 4.78 is 34.0. The molecule has 8 nitrogen and oxygen atoms in total. The summed E-state index contributed by atoms with van der Waals surface area (Å²) in [5, 5.41) is 12.9. The third-order valence-electron chi connectivity index (χ3n) is 5.52. The molecular weight excluding hydrogens is 436 g/mol. The van der Waals surface area contributed by atoms with Crippen LogP contribution in [0.25, 0.3) is 6.08 Å². The van der Waals surface area contributed by atoms with E-state index < -0.39 is 17.6 Å². The first-order valence-corrected chi connectivity index (χ1v) is 11.0. The molecule has 3 rings (SSSR count). The first kappa shape index (κ1) is 24.5. The van der Waals surface area contributed by atoms with Crippen LogP contribution in [0.5, 0.6) is 0 Å². The molecule has 0 bridgehead atoms. The maximum absolute atomic E-state index is 14.5. The van der Waals surface area contributed by atoms with Crippen LogP contribution in [-0.2, 0) is 14.4 Å². The Bertz CT molecular complexity index is 917. The quantitative estimate of drug-likeness (QED) is 0.504. The first-order chi connectivity index (χ1) is 15.7. The number of halogens is 2. The Labute approximate surface area is 191 Å². The van der Waals surface area contributed by atoms with Gasteiger partial charge in [-0.3, -0.25) is 0 Å². The Morgan fingerprint density at radius 2 is 1.79 bits per heavy atom. The van der Waals surface area contributed by atoms with Gasteiger partial charge in [-0.25, -0.2) is 18.4 Å².